The number of aryl methyl sites for hydroxylation is 1. The lowest BCUT2D eigenvalue weighted by atomic mass is 9.97. The first-order valence-electron chi connectivity index (χ1n) is 9.45. The highest BCUT2D eigenvalue weighted by atomic mass is 35.5. The summed E-state index contributed by atoms with van der Waals surface area (Å²) >= 11 is 6.47. The van der Waals surface area contributed by atoms with Crippen molar-refractivity contribution in [2.75, 3.05) is 16.9 Å². The van der Waals surface area contributed by atoms with Gasteiger partial charge in [0.1, 0.15) is 12.0 Å². The Bertz CT molecular complexity index is 1230. The smallest absolute Gasteiger partial charge is 0.154 e. The number of fused-ring (bicyclic) bond motifs is 2. The van der Waals surface area contributed by atoms with Gasteiger partial charge in [0.05, 0.1) is 35.1 Å². The zero-order valence-electron chi connectivity index (χ0n) is 16.1. The molecule has 1 atom stereocenters. The maximum Gasteiger partial charge on any atom is 0.154 e. The summed E-state index contributed by atoms with van der Waals surface area (Å²) in [5.41, 5.74) is 5.73. The van der Waals surface area contributed by atoms with Crippen molar-refractivity contribution in [3.8, 4) is 11.3 Å². The highest BCUT2D eigenvalue weighted by Crippen LogP contribution is 2.39. The Labute approximate surface area is 173 Å². The number of halogens is 1. The van der Waals surface area contributed by atoms with E-state index in [0.717, 1.165) is 44.9 Å². The molecule has 0 amide bonds. The fourth-order valence-corrected chi connectivity index (χ4v) is 4.10. The van der Waals surface area contributed by atoms with Gasteiger partial charge in [-0.15, -0.1) is 0 Å². The molecule has 0 radical (unpaired) electrons. The van der Waals surface area contributed by atoms with E-state index in [0.29, 0.717) is 11.7 Å². The average Bonchev–Trinajstić information content (AvgIpc) is 3.17. The van der Waals surface area contributed by atoms with Gasteiger partial charge in [0.15, 0.2) is 5.82 Å². The van der Waals surface area contributed by atoms with Crippen LogP contribution in [-0.4, -0.2) is 26.6 Å². The normalized spacial score (nSPS) is 14.0. The van der Waals surface area contributed by atoms with Gasteiger partial charge >= 0.3 is 0 Å². The molecule has 0 bridgehead atoms. The molecule has 4 heterocycles. The fourth-order valence-electron chi connectivity index (χ4n) is 3.87. The number of nitrogens with zero attached hydrogens (tertiary/aromatic N) is 5. The number of aromatic nitrogens is 4. The predicted molar refractivity (Wildman–Crippen MR) is 116 cm³/mol. The quantitative estimate of drug-likeness (QED) is 0.520. The highest BCUT2D eigenvalue weighted by molar-refractivity contribution is 6.35. The van der Waals surface area contributed by atoms with Crippen LogP contribution in [-0.2, 0) is 0 Å². The van der Waals surface area contributed by atoms with E-state index in [-0.39, 0.29) is 6.04 Å². The van der Waals surface area contributed by atoms with Crippen molar-refractivity contribution in [2.24, 2.45) is 0 Å². The number of anilines is 2. The van der Waals surface area contributed by atoms with Crippen LogP contribution in [0.1, 0.15) is 24.2 Å². The topological polar surface area (TPSA) is 66.8 Å². The second kappa shape index (κ2) is 6.97. The van der Waals surface area contributed by atoms with Crippen LogP contribution in [0, 0.1) is 6.92 Å². The number of para-hydroxylation sites is 1. The molecule has 0 aliphatic carbocycles. The Kier molecular flexibility index (Phi) is 4.28. The molecule has 1 aliphatic heterocycles. The van der Waals surface area contributed by atoms with E-state index in [1.807, 2.05) is 37.4 Å². The monoisotopic (exact) mass is 402 g/mol. The summed E-state index contributed by atoms with van der Waals surface area (Å²) in [6, 6.07) is 12.1. The Hall–Kier alpha value is -3.25. The summed E-state index contributed by atoms with van der Waals surface area (Å²) in [6.07, 6.45) is 5.21. The number of benzene rings is 1. The second-order valence-electron chi connectivity index (χ2n) is 7.11. The Morgan fingerprint density at radius 2 is 2.07 bits per heavy atom. The third-order valence-electron chi connectivity index (χ3n) is 5.42. The molecule has 5 rings (SSSR count). The van der Waals surface area contributed by atoms with E-state index in [1.54, 1.807) is 12.5 Å². The molecule has 4 aromatic rings. The van der Waals surface area contributed by atoms with E-state index < -0.39 is 0 Å². The largest absolute Gasteiger partial charge is 0.351 e. The summed E-state index contributed by atoms with van der Waals surface area (Å²) < 4.78 is 0. The summed E-state index contributed by atoms with van der Waals surface area (Å²) in [6.45, 7) is 4.84. The standard InChI is InChI=1S/C22H19ClN6/c1-13-16(6-4-8-25-13)21-17(9-15-5-3-7-18(23)20(15)28-21)14(2)29-12-27-22-19(29)10-24-11-26-22/h3-11,14H,12H2,1-2H3,(H,24,26,27)/t14-/m0/s1. The first-order chi connectivity index (χ1) is 14.1. The van der Waals surface area contributed by atoms with Gasteiger partial charge in [-0.2, -0.15) is 0 Å². The van der Waals surface area contributed by atoms with Gasteiger partial charge in [0.2, 0.25) is 0 Å². The first-order valence-corrected chi connectivity index (χ1v) is 9.83. The van der Waals surface area contributed by atoms with E-state index in [1.165, 1.54) is 0 Å². The molecule has 0 saturated carbocycles. The number of hydrogen-bond acceptors (Lipinski definition) is 6. The molecule has 0 saturated heterocycles. The molecule has 1 N–H and O–H groups in total. The molecule has 1 aliphatic rings. The van der Waals surface area contributed by atoms with E-state index in [2.05, 4.69) is 44.2 Å². The Balaban J connectivity index is 1.72. The van der Waals surface area contributed by atoms with Gasteiger partial charge in [-0.25, -0.2) is 15.0 Å². The maximum atomic E-state index is 6.47. The van der Waals surface area contributed by atoms with Crippen LogP contribution in [0.4, 0.5) is 11.5 Å². The van der Waals surface area contributed by atoms with Crippen LogP contribution in [0.3, 0.4) is 0 Å². The Morgan fingerprint density at radius 3 is 2.93 bits per heavy atom. The molecule has 1 aromatic carbocycles. The Morgan fingerprint density at radius 1 is 1.17 bits per heavy atom. The highest BCUT2D eigenvalue weighted by Gasteiger charge is 2.28. The number of pyridine rings is 2. The summed E-state index contributed by atoms with van der Waals surface area (Å²) in [7, 11) is 0. The van der Waals surface area contributed by atoms with Crippen LogP contribution in [0.5, 0.6) is 0 Å². The van der Waals surface area contributed by atoms with Crippen molar-refractivity contribution < 1.29 is 0 Å². The van der Waals surface area contributed by atoms with Crippen molar-refractivity contribution in [3.05, 3.63) is 71.4 Å². The molecule has 0 fully saturated rings. The molecule has 3 aromatic heterocycles. The molecule has 7 heteroatoms. The maximum absolute atomic E-state index is 6.47. The zero-order valence-corrected chi connectivity index (χ0v) is 16.9. The van der Waals surface area contributed by atoms with Gasteiger partial charge in [-0.3, -0.25) is 4.98 Å². The van der Waals surface area contributed by atoms with Crippen molar-refractivity contribution >= 4 is 34.0 Å². The van der Waals surface area contributed by atoms with E-state index in [4.69, 9.17) is 16.6 Å². The third kappa shape index (κ3) is 2.96. The van der Waals surface area contributed by atoms with Crippen LogP contribution in [0.25, 0.3) is 22.2 Å². The van der Waals surface area contributed by atoms with Gasteiger partial charge in [-0.05, 0) is 38.1 Å². The average molecular weight is 403 g/mol. The number of nitrogens with one attached hydrogen (secondary N) is 1. The zero-order chi connectivity index (χ0) is 20.0. The number of hydrogen-bond donors (Lipinski definition) is 1. The lowest BCUT2D eigenvalue weighted by Crippen LogP contribution is -2.27. The van der Waals surface area contributed by atoms with Crippen molar-refractivity contribution in [1.82, 2.24) is 19.9 Å². The molecule has 0 spiro atoms. The minimum absolute atomic E-state index is 0.0419. The molecular weight excluding hydrogens is 384 g/mol. The molecule has 0 unspecified atom stereocenters. The lowest BCUT2D eigenvalue weighted by molar-refractivity contribution is 0.711. The molecule has 6 nitrogen and oxygen atoms in total. The summed E-state index contributed by atoms with van der Waals surface area (Å²) in [4.78, 5) is 20.3. The molecular formula is C22H19ClN6. The van der Waals surface area contributed by atoms with Gasteiger partial charge in [0.25, 0.3) is 0 Å². The molecule has 144 valence electrons. The number of rotatable bonds is 3. The van der Waals surface area contributed by atoms with Crippen LogP contribution >= 0.6 is 11.6 Å². The first kappa shape index (κ1) is 17.8. The van der Waals surface area contributed by atoms with Crippen LogP contribution < -0.4 is 10.2 Å². The third-order valence-corrected chi connectivity index (χ3v) is 5.73. The summed E-state index contributed by atoms with van der Waals surface area (Å²) in [5, 5.41) is 5.00. The predicted octanol–water partition coefficient (Wildman–Crippen LogP) is 5.00. The summed E-state index contributed by atoms with van der Waals surface area (Å²) in [5.74, 6) is 0.850. The molecule has 29 heavy (non-hydrogen) atoms. The SMILES string of the molecule is Cc1ncccc1-c1nc2c(Cl)cccc2cc1[C@H](C)N1CNc2ncncc21. The minimum atomic E-state index is 0.0419. The van der Waals surface area contributed by atoms with E-state index >= 15 is 0 Å². The minimum Gasteiger partial charge on any atom is -0.351 e. The van der Waals surface area contributed by atoms with Gasteiger partial charge in [-0.1, -0.05) is 23.7 Å². The van der Waals surface area contributed by atoms with Crippen LogP contribution in [0.2, 0.25) is 5.02 Å². The van der Waals surface area contributed by atoms with Crippen LogP contribution in [0.15, 0.2) is 55.1 Å². The van der Waals surface area contributed by atoms with Crippen molar-refractivity contribution in [1.29, 1.82) is 0 Å². The fraction of sp³-hybridized carbons (Fsp3) is 0.182. The second-order valence-corrected chi connectivity index (χ2v) is 7.52. The van der Waals surface area contributed by atoms with Gasteiger partial charge in [0, 0.05) is 28.4 Å². The van der Waals surface area contributed by atoms with Gasteiger partial charge < -0.3 is 10.2 Å². The van der Waals surface area contributed by atoms with Crippen molar-refractivity contribution in [3.63, 3.8) is 0 Å². The van der Waals surface area contributed by atoms with E-state index in [9.17, 15) is 0 Å². The van der Waals surface area contributed by atoms with Crippen molar-refractivity contribution in [2.45, 2.75) is 19.9 Å². The lowest BCUT2D eigenvalue weighted by Gasteiger charge is -2.28.